The fourth-order valence-electron chi connectivity index (χ4n) is 2.21. The lowest BCUT2D eigenvalue weighted by molar-refractivity contribution is 0.517. The predicted molar refractivity (Wildman–Crippen MR) is 71.1 cm³/mol. The van der Waals surface area contributed by atoms with Crippen LogP contribution < -0.4 is 5.73 Å². The van der Waals surface area contributed by atoms with Crippen LogP contribution in [-0.2, 0) is 13.0 Å². The van der Waals surface area contributed by atoms with Crippen LogP contribution in [0.1, 0.15) is 18.2 Å². The van der Waals surface area contributed by atoms with Crippen LogP contribution in [0, 0.1) is 0 Å². The molecule has 0 spiro atoms. The van der Waals surface area contributed by atoms with Crippen molar-refractivity contribution in [3.8, 4) is 11.4 Å². The smallest absolute Gasteiger partial charge is 0.142 e. The largest absolute Gasteiger partial charge is 0.469 e. The monoisotopic (exact) mass is 241 g/mol. The van der Waals surface area contributed by atoms with Crippen LogP contribution in [0.3, 0.4) is 0 Å². The van der Waals surface area contributed by atoms with E-state index in [0.29, 0.717) is 6.54 Å². The minimum absolute atomic E-state index is 0.494. The van der Waals surface area contributed by atoms with E-state index >= 15 is 0 Å². The molecule has 0 atom stereocenters. The highest BCUT2D eigenvalue weighted by Gasteiger charge is 2.12. The van der Waals surface area contributed by atoms with Crippen molar-refractivity contribution in [3.63, 3.8) is 0 Å². The van der Waals surface area contributed by atoms with Gasteiger partial charge in [0, 0.05) is 13.0 Å². The maximum atomic E-state index is 5.73. The zero-order chi connectivity index (χ0) is 12.5. The average molecular weight is 241 g/mol. The second kappa shape index (κ2) is 4.31. The number of nitrogens with zero attached hydrogens (tertiary/aromatic N) is 1. The Hall–Kier alpha value is -2.07. The molecule has 4 nitrogen and oxygen atoms in total. The molecule has 3 rings (SSSR count). The fourth-order valence-corrected chi connectivity index (χ4v) is 2.21. The predicted octanol–water partition coefficient (Wildman–Crippen LogP) is 2.84. The number of imidazole rings is 1. The number of nitrogens with two attached hydrogens (primary N) is 1. The molecular weight excluding hydrogens is 226 g/mol. The number of hydrogen-bond donors (Lipinski definition) is 2. The molecule has 2 aromatic heterocycles. The number of benzene rings is 1. The van der Waals surface area contributed by atoms with E-state index < -0.39 is 0 Å². The molecule has 0 unspecified atom stereocenters. The SMILES string of the molecule is CCc1occc1-c1nc2c(CN)cccc2[nH]1. The van der Waals surface area contributed by atoms with Gasteiger partial charge in [0.05, 0.1) is 22.9 Å². The topological polar surface area (TPSA) is 67.8 Å². The van der Waals surface area contributed by atoms with E-state index in [0.717, 1.165) is 40.2 Å². The first-order valence-electron chi connectivity index (χ1n) is 6.08. The molecule has 0 saturated carbocycles. The minimum Gasteiger partial charge on any atom is -0.469 e. The molecule has 0 fully saturated rings. The highest BCUT2D eigenvalue weighted by Crippen LogP contribution is 2.26. The maximum absolute atomic E-state index is 5.73. The van der Waals surface area contributed by atoms with E-state index in [9.17, 15) is 0 Å². The number of furan rings is 1. The van der Waals surface area contributed by atoms with Crippen molar-refractivity contribution < 1.29 is 4.42 Å². The Balaban J connectivity index is 2.19. The number of para-hydroxylation sites is 1. The lowest BCUT2D eigenvalue weighted by atomic mass is 10.2. The van der Waals surface area contributed by atoms with E-state index in [-0.39, 0.29) is 0 Å². The van der Waals surface area contributed by atoms with Crippen molar-refractivity contribution >= 4 is 11.0 Å². The van der Waals surface area contributed by atoms with Gasteiger partial charge in [-0.3, -0.25) is 0 Å². The van der Waals surface area contributed by atoms with Gasteiger partial charge in [0.15, 0.2) is 0 Å². The summed E-state index contributed by atoms with van der Waals surface area (Å²) in [5.41, 5.74) is 9.76. The normalized spacial score (nSPS) is 11.2. The van der Waals surface area contributed by atoms with Crippen molar-refractivity contribution in [3.05, 3.63) is 41.9 Å². The number of fused-ring (bicyclic) bond motifs is 1. The van der Waals surface area contributed by atoms with Gasteiger partial charge < -0.3 is 15.1 Å². The fraction of sp³-hybridized carbons (Fsp3) is 0.214. The van der Waals surface area contributed by atoms with E-state index in [1.165, 1.54) is 0 Å². The molecule has 0 aliphatic rings. The quantitative estimate of drug-likeness (QED) is 0.740. The van der Waals surface area contributed by atoms with E-state index in [2.05, 4.69) is 16.9 Å². The van der Waals surface area contributed by atoms with E-state index in [4.69, 9.17) is 10.2 Å². The molecule has 3 aromatic rings. The Kier molecular flexibility index (Phi) is 2.64. The number of hydrogen-bond acceptors (Lipinski definition) is 3. The van der Waals surface area contributed by atoms with Crippen molar-refractivity contribution in [2.75, 3.05) is 0 Å². The lowest BCUT2D eigenvalue weighted by Gasteiger charge is -1.95. The second-order valence-corrected chi connectivity index (χ2v) is 4.21. The Labute approximate surface area is 105 Å². The molecule has 0 amide bonds. The third-order valence-corrected chi connectivity index (χ3v) is 3.14. The lowest BCUT2D eigenvalue weighted by Crippen LogP contribution is -1.96. The van der Waals surface area contributed by atoms with Gasteiger partial charge in [0.25, 0.3) is 0 Å². The number of aromatic amines is 1. The zero-order valence-corrected chi connectivity index (χ0v) is 10.2. The van der Waals surface area contributed by atoms with Gasteiger partial charge in [-0.2, -0.15) is 0 Å². The highest BCUT2D eigenvalue weighted by molar-refractivity contribution is 5.82. The van der Waals surface area contributed by atoms with Crippen molar-refractivity contribution in [1.82, 2.24) is 9.97 Å². The van der Waals surface area contributed by atoms with Gasteiger partial charge in [-0.25, -0.2) is 4.98 Å². The summed E-state index contributed by atoms with van der Waals surface area (Å²) >= 11 is 0. The first-order chi connectivity index (χ1) is 8.83. The average Bonchev–Trinajstić information content (AvgIpc) is 3.03. The summed E-state index contributed by atoms with van der Waals surface area (Å²) in [4.78, 5) is 7.96. The van der Waals surface area contributed by atoms with Gasteiger partial charge in [-0.15, -0.1) is 0 Å². The number of aromatic nitrogens is 2. The van der Waals surface area contributed by atoms with Gasteiger partial charge in [0.2, 0.25) is 0 Å². The molecule has 2 heterocycles. The summed E-state index contributed by atoms with van der Waals surface area (Å²) in [5, 5.41) is 0. The molecule has 0 saturated heterocycles. The van der Waals surface area contributed by atoms with Crippen LogP contribution in [0.2, 0.25) is 0 Å². The zero-order valence-electron chi connectivity index (χ0n) is 10.2. The van der Waals surface area contributed by atoms with Gasteiger partial charge in [-0.1, -0.05) is 19.1 Å². The summed E-state index contributed by atoms with van der Waals surface area (Å²) in [6.45, 7) is 2.56. The number of nitrogens with one attached hydrogen (secondary N) is 1. The molecule has 0 aliphatic heterocycles. The van der Waals surface area contributed by atoms with Crippen LogP contribution in [-0.4, -0.2) is 9.97 Å². The van der Waals surface area contributed by atoms with Gasteiger partial charge in [-0.05, 0) is 17.7 Å². The van der Waals surface area contributed by atoms with Crippen molar-refractivity contribution in [2.45, 2.75) is 19.9 Å². The summed E-state index contributed by atoms with van der Waals surface area (Å²) in [7, 11) is 0. The maximum Gasteiger partial charge on any atom is 0.142 e. The van der Waals surface area contributed by atoms with Crippen LogP contribution >= 0.6 is 0 Å². The first-order valence-corrected chi connectivity index (χ1v) is 6.08. The standard InChI is InChI=1S/C14H15N3O/c1-2-12-10(6-7-18-12)14-16-11-5-3-4-9(8-15)13(11)17-14/h3-7H,2,8,15H2,1H3,(H,16,17). The van der Waals surface area contributed by atoms with Crippen molar-refractivity contribution in [2.24, 2.45) is 5.73 Å². The van der Waals surface area contributed by atoms with Gasteiger partial charge in [0.1, 0.15) is 11.6 Å². The van der Waals surface area contributed by atoms with Crippen LogP contribution in [0.25, 0.3) is 22.4 Å². The molecule has 92 valence electrons. The van der Waals surface area contributed by atoms with Crippen LogP contribution in [0.15, 0.2) is 34.9 Å². The molecule has 0 aliphatic carbocycles. The molecule has 1 aromatic carbocycles. The molecule has 0 bridgehead atoms. The third kappa shape index (κ3) is 1.62. The first kappa shape index (κ1) is 11.0. The Morgan fingerprint density at radius 1 is 1.33 bits per heavy atom. The number of aryl methyl sites for hydroxylation is 1. The molecule has 4 heteroatoms. The summed E-state index contributed by atoms with van der Waals surface area (Å²) < 4.78 is 5.44. The van der Waals surface area contributed by atoms with E-state index in [1.54, 1.807) is 6.26 Å². The molecule has 3 N–H and O–H groups in total. The second-order valence-electron chi connectivity index (χ2n) is 4.21. The van der Waals surface area contributed by atoms with Crippen molar-refractivity contribution in [1.29, 1.82) is 0 Å². The summed E-state index contributed by atoms with van der Waals surface area (Å²) in [5.74, 6) is 1.79. The summed E-state index contributed by atoms with van der Waals surface area (Å²) in [6, 6.07) is 7.95. The number of H-pyrrole nitrogens is 1. The van der Waals surface area contributed by atoms with Gasteiger partial charge >= 0.3 is 0 Å². The third-order valence-electron chi connectivity index (χ3n) is 3.14. The Morgan fingerprint density at radius 3 is 3.00 bits per heavy atom. The van der Waals surface area contributed by atoms with Crippen LogP contribution in [0.5, 0.6) is 0 Å². The van der Waals surface area contributed by atoms with Crippen LogP contribution in [0.4, 0.5) is 0 Å². The Bertz CT molecular complexity index is 681. The van der Waals surface area contributed by atoms with E-state index in [1.807, 2.05) is 24.3 Å². The highest BCUT2D eigenvalue weighted by atomic mass is 16.3. The summed E-state index contributed by atoms with van der Waals surface area (Å²) in [6.07, 6.45) is 2.55. The Morgan fingerprint density at radius 2 is 2.22 bits per heavy atom. The molecule has 18 heavy (non-hydrogen) atoms. The number of rotatable bonds is 3. The molecule has 0 radical (unpaired) electrons. The molecular formula is C14H15N3O. The minimum atomic E-state index is 0.494.